The Hall–Kier alpha value is -0.860. The van der Waals surface area contributed by atoms with Crippen molar-refractivity contribution >= 4 is 11.8 Å². The van der Waals surface area contributed by atoms with Crippen LogP contribution in [-0.2, 0) is 9.59 Å². The third-order valence-electron chi connectivity index (χ3n) is 5.28. The van der Waals surface area contributed by atoms with Crippen molar-refractivity contribution in [3.63, 3.8) is 0 Å². The molecule has 1 saturated carbocycles. The zero-order valence-corrected chi connectivity index (χ0v) is 15.0. The van der Waals surface area contributed by atoms with E-state index in [1.54, 1.807) is 0 Å². The Morgan fingerprint density at radius 3 is 2.09 bits per heavy atom. The van der Waals surface area contributed by atoms with Crippen LogP contribution in [0.5, 0.6) is 0 Å². The summed E-state index contributed by atoms with van der Waals surface area (Å²) < 4.78 is 0. The standard InChI is InChI=1S/C20H36O3/c1-2-3-4-5-8-11-14-18-17(16-19(18)21)13-10-7-6-9-12-15-20(22)23/h17-18H,2-16H2,1H3,(H,22,23). The van der Waals surface area contributed by atoms with E-state index in [4.69, 9.17) is 5.11 Å². The summed E-state index contributed by atoms with van der Waals surface area (Å²) >= 11 is 0. The Morgan fingerprint density at radius 1 is 0.913 bits per heavy atom. The number of carboxylic acids is 1. The molecule has 1 N–H and O–H groups in total. The van der Waals surface area contributed by atoms with Crippen molar-refractivity contribution in [2.24, 2.45) is 11.8 Å². The Morgan fingerprint density at radius 2 is 1.48 bits per heavy atom. The number of carbonyl (C=O) groups is 2. The fourth-order valence-corrected chi connectivity index (χ4v) is 3.71. The van der Waals surface area contributed by atoms with Crippen LogP contribution < -0.4 is 0 Å². The van der Waals surface area contributed by atoms with E-state index in [-0.39, 0.29) is 0 Å². The predicted molar refractivity (Wildman–Crippen MR) is 94.6 cm³/mol. The van der Waals surface area contributed by atoms with E-state index >= 15 is 0 Å². The van der Waals surface area contributed by atoms with Gasteiger partial charge in [-0.2, -0.15) is 0 Å². The van der Waals surface area contributed by atoms with Gasteiger partial charge in [-0.05, 0) is 25.2 Å². The highest BCUT2D eigenvalue weighted by molar-refractivity contribution is 5.87. The molecular weight excluding hydrogens is 288 g/mol. The molecular formula is C20H36O3. The van der Waals surface area contributed by atoms with Crippen LogP contribution in [0.1, 0.15) is 103 Å². The number of hydrogen-bond acceptors (Lipinski definition) is 2. The maximum Gasteiger partial charge on any atom is 0.303 e. The van der Waals surface area contributed by atoms with Gasteiger partial charge in [-0.3, -0.25) is 9.59 Å². The monoisotopic (exact) mass is 324 g/mol. The summed E-state index contributed by atoms with van der Waals surface area (Å²) in [5.74, 6) is 0.839. The number of Topliss-reactive ketones (excluding diaryl/α,β-unsaturated/α-hetero) is 1. The molecule has 0 heterocycles. The average Bonchev–Trinajstić information content (AvgIpc) is 2.51. The molecule has 134 valence electrons. The molecule has 0 aromatic carbocycles. The number of carboxylic acid groups (broad SMARTS) is 1. The molecule has 1 aliphatic carbocycles. The molecule has 0 bridgehead atoms. The fraction of sp³-hybridized carbons (Fsp3) is 0.900. The van der Waals surface area contributed by atoms with E-state index in [2.05, 4.69) is 6.92 Å². The molecule has 0 radical (unpaired) electrons. The van der Waals surface area contributed by atoms with Crippen LogP contribution in [0.4, 0.5) is 0 Å². The van der Waals surface area contributed by atoms with Gasteiger partial charge in [0.25, 0.3) is 0 Å². The molecule has 2 atom stereocenters. The minimum atomic E-state index is -0.685. The number of aliphatic carboxylic acids is 1. The number of ketones is 1. The van der Waals surface area contributed by atoms with Gasteiger partial charge in [0.15, 0.2) is 0 Å². The van der Waals surface area contributed by atoms with Gasteiger partial charge in [0.1, 0.15) is 5.78 Å². The largest absolute Gasteiger partial charge is 0.481 e. The molecule has 2 unspecified atom stereocenters. The summed E-state index contributed by atoms with van der Waals surface area (Å²) in [5, 5.41) is 8.58. The van der Waals surface area contributed by atoms with Crippen molar-refractivity contribution in [2.45, 2.75) is 103 Å². The first kappa shape index (κ1) is 20.2. The second-order valence-electron chi connectivity index (χ2n) is 7.29. The summed E-state index contributed by atoms with van der Waals surface area (Å²) in [4.78, 5) is 22.2. The summed E-state index contributed by atoms with van der Waals surface area (Å²) in [7, 11) is 0. The first-order valence-corrected chi connectivity index (χ1v) is 9.89. The lowest BCUT2D eigenvalue weighted by atomic mass is 9.68. The lowest BCUT2D eigenvalue weighted by Crippen LogP contribution is -2.37. The van der Waals surface area contributed by atoms with Gasteiger partial charge >= 0.3 is 5.97 Å². The van der Waals surface area contributed by atoms with Gasteiger partial charge < -0.3 is 5.11 Å². The first-order chi connectivity index (χ1) is 11.1. The van der Waals surface area contributed by atoms with Crippen LogP contribution in [0, 0.1) is 11.8 Å². The molecule has 1 fully saturated rings. The van der Waals surface area contributed by atoms with E-state index in [0.717, 1.165) is 32.1 Å². The lowest BCUT2D eigenvalue weighted by molar-refractivity contribution is -0.137. The Balaban J connectivity index is 1.97. The van der Waals surface area contributed by atoms with E-state index < -0.39 is 5.97 Å². The highest BCUT2D eigenvalue weighted by atomic mass is 16.4. The van der Waals surface area contributed by atoms with Crippen LogP contribution in [0.3, 0.4) is 0 Å². The van der Waals surface area contributed by atoms with Gasteiger partial charge in [0.2, 0.25) is 0 Å². The van der Waals surface area contributed by atoms with E-state index in [1.807, 2.05) is 0 Å². The topological polar surface area (TPSA) is 54.4 Å². The van der Waals surface area contributed by atoms with Crippen LogP contribution in [0.2, 0.25) is 0 Å². The third kappa shape index (κ3) is 9.12. The van der Waals surface area contributed by atoms with Crippen molar-refractivity contribution in [1.29, 1.82) is 0 Å². The summed E-state index contributed by atoms with van der Waals surface area (Å²) in [5.41, 5.74) is 0. The number of unbranched alkanes of at least 4 members (excludes halogenated alkanes) is 9. The van der Waals surface area contributed by atoms with Crippen molar-refractivity contribution in [3.05, 3.63) is 0 Å². The van der Waals surface area contributed by atoms with Gasteiger partial charge in [-0.1, -0.05) is 71.1 Å². The van der Waals surface area contributed by atoms with E-state index in [0.29, 0.717) is 24.0 Å². The SMILES string of the molecule is CCCCCCCCC1C(=O)CC1CCCCCCCC(=O)O. The number of carbonyl (C=O) groups excluding carboxylic acids is 1. The molecule has 1 rings (SSSR count). The lowest BCUT2D eigenvalue weighted by Gasteiger charge is -2.35. The van der Waals surface area contributed by atoms with E-state index in [1.165, 1.54) is 57.8 Å². The Kier molecular flexibility index (Phi) is 11.0. The molecule has 0 aromatic rings. The second kappa shape index (κ2) is 12.5. The van der Waals surface area contributed by atoms with Gasteiger partial charge in [-0.25, -0.2) is 0 Å². The molecule has 0 saturated heterocycles. The zero-order valence-electron chi connectivity index (χ0n) is 15.0. The van der Waals surface area contributed by atoms with E-state index in [9.17, 15) is 9.59 Å². The summed E-state index contributed by atoms with van der Waals surface area (Å²) in [6, 6.07) is 0. The van der Waals surface area contributed by atoms with Crippen molar-refractivity contribution in [2.75, 3.05) is 0 Å². The highest BCUT2D eigenvalue weighted by Gasteiger charge is 2.37. The Bertz CT molecular complexity index is 338. The molecule has 1 aliphatic rings. The Labute approximate surface area is 142 Å². The molecule has 0 amide bonds. The third-order valence-corrected chi connectivity index (χ3v) is 5.28. The molecule has 0 aromatic heterocycles. The quantitative estimate of drug-likeness (QED) is 0.390. The maximum absolute atomic E-state index is 11.8. The van der Waals surface area contributed by atoms with Gasteiger partial charge in [-0.15, -0.1) is 0 Å². The van der Waals surface area contributed by atoms with Crippen LogP contribution >= 0.6 is 0 Å². The van der Waals surface area contributed by atoms with Gasteiger partial charge in [0, 0.05) is 18.8 Å². The molecule has 0 aliphatic heterocycles. The van der Waals surface area contributed by atoms with Crippen molar-refractivity contribution in [1.82, 2.24) is 0 Å². The zero-order chi connectivity index (χ0) is 16.9. The van der Waals surface area contributed by atoms with Gasteiger partial charge in [0.05, 0.1) is 0 Å². The minimum absolute atomic E-state index is 0.303. The van der Waals surface area contributed by atoms with Crippen LogP contribution in [-0.4, -0.2) is 16.9 Å². The van der Waals surface area contributed by atoms with Crippen molar-refractivity contribution in [3.8, 4) is 0 Å². The smallest absolute Gasteiger partial charge is 0.303 e. The molecule has 3 heteroatoms. The van der Waals surface area contributed by atoms with Crippen LogP contribution in [0.15, 0.2) is 0 Å². The minimum Gasteiger partial charge on any atom is -0.481 e. The normalized spacial score (nSPS) is 20.5. The number of rotatable bonds is 15. The molecule has 3 nitrogen and oxygen atoms in total. The maximum atomic E-state index is 11.8. The molecule has 0 spiro atoms. The fourth-order valence-electron chi connectivity index (χ4n) is 3.71. The summed E-state index contributed by atoms with van der Waals surface area (Å²) in [6.07, 6.45) is 16.6. The highest BCUT2D eigenvalue weighted by Crippen LogP contribution is 2.38. The first-order valence-electron chi connectivity index (χ1n) is 9.89. The number of hydrogen-bond donors (Lipinski definition) is 1. The second-order valence-corrected chi connectivity index (χ2v) is 7.29. The average molecular weight is 325 g/mol. The van der Waals surface area contributed by atoms with Crippen LogP contribution in [0.25, 0.3) is 0 Å². The van der Waals surface area contributed by atoms with Crippen molar-refractivity contribution < 1.29 is 14.7 Å². The predicted octanol–water partition coefficient (Wildman–Crippen LogP) is 5.76. The molecule has 23 heavy (non-hydrogen) atoms. The summed E-state index contributed by atoms with van der Waals surface area (Å²) in [6.45, 7) is 2.24.